The molecule has 1 aromatic rings. The van der Waals surface area contributed by atoms with Gasteiger partial charge >= 0.3 is 0 Å². The SMILES string of the molecule is CCN(CC)S(=O)(=O)Cc1cccc(N)c1. The van der Waals surface area contributed by atoms with Gasteiger partial charge in [0.25, 0.3) is 0 Å². The van der Waals surface area contributed by atoms with Crippen LogP contribution >= 0.6 is 0 Å². The molecule has 0 saturated heterocycles. The van der Waals surface area contributed by atoms with Gasteiger partial charge < -0.3 is 5.73 Å². The molecule has 0 saturated carbocycles. The molecule has 0 spiro atoms. The molecule has 4 nitrogen and oxygen atoms in total. The van der Waals surface area contributed by atoms with E-state index in [0.717, 1.165) is 5.56 Å². The number of anilines is 1. The molecular formula is C11H18N2O2S. The quantitative estimate of drug-likeness (QED) is 0.795. The first-order chi connectivity index (χ1) is 7.49. The van der Waals surface area contributed by atoms with E-state index in [1.165, 1.54) is 4.31 Å². The Morgan fingerprint density at radius 3 is 2.38 bits per heavy atom. The van der Waals surface area contributed by atoms with Crippen LogP contribution in [-0.4, -0.2) is 25.8 Å². The molecule has 0 aliphatic rings. The van der Waals surface area contributed by atoms with E-state index in [0.29, 0.717) is 18.8 Å². The minimum Gasteiger partial charge on any atom is -0.399 e. The zero-order chi connectivity index (χ0) is 12.2. The fourth-order valence-corrected chi connectivity index (χ4v) is 3.17. The smallest absolute Gasteiger partial charge is 0.218 e. The largest absolute Gasteiger partial charge is 0.399 e. The Balaban J connectivity index is 2.88. The molecule has 0 heterocycles. The van der Waals surface area contributed by atoms with Crippen molar-refractivity contribution in [3.05, 3.63) is 29.8 Å². The molecule has 1 aromatic carbocycles. The Hall–Kier alpha value is -1.07. The van der Waals surface area contributed by atoms with Gasteiger partial charge in [-0.05, 0) is 17.7 Å². The first kappa shape index (κ1) is 13.0. The fraction of sp³-hybridized carbons (Fsp3) is 0.455. The van der Waals surface area contributed by atoms with Gasteiger partial charge in [-0.3, -0.25) is 0 Å². The first-order valence-corrected chi connectivity index (χ1v) is 6.92. The summed E-state index contributed by atoms with van der Waals surface area (Å²) in [6.07, 6.45) is 0. The minimum atomic E-state index is -3.21. The van der Waals surface area contributed by atoms with Crippen LogP contribution in [0.4, 0.5) is 5.69 Å². The van der Waals surface area contributed by atoms with Crippen LogP contribution in [0.1, 0.15) is 19.4 Å². The molecule has 90 valence electrons. The van der Waals surface area contributed by atoms with Gasteiger partial charge in [0.15, 0.2) is 0 Å². The van der Waals surface area contributed by atoms with Crippen molar-refractivity contribution in [1.82, 2.24) is 4.31 Å². The second-order valence-corrected chi connectivity index (χ2v) is 5.55. The zero-order valence-corrected chi connectivity index (χ0v) is 10.5. The van der Waals surface area contributed by atoms with Crippen LogP contribution in [0.25, 0.3) is 0 Å². The molecule has 0 bridgehead atoms. The molecule has 16 heavy (non-hydrogen) atoms. The van der Waals surface area contributed by atoms with E-state index in [2.05, 4.69) is 0 Å². The summed E-state index contributed by atoms with van der Waals surface area (Å²) in [4.78, 5) is 0. The Morgan fingerprint density at radius 2 is 1.88 bits per heavy atom. The van der Waals surface area contributed by atoms with E-state index >= 15 is 0 Å². The lowest BCUT2D eigenvalue weighted by atomic mass is 10.2. The van der Waals surface area contributed by atoms with Crippen LogP contribution in [0.3, 0.4) is 0 Å². The number of rotatable bonds is 5. The number of hydrogen-bond acceptors (Lipinski definition) is 3. The summed E-state index contributed by atoms with van der Waals surface area (Å²) in [6.45, 7) is 4.67. The molecule has 0 atom stereocenters. The Bertz CT molecular complexity index is 439. The molecule has 2 N–H and O–H groups in total. The van der Waals surface area contributed by atoms with Crippen molar-refractivity contribution >= 4 is 15.7 Å². The third-order valence-electron chi connectivity index (χ3n) is 2.40. The predicted octanol–water partition coefficient (Wildman–Crippen LogP) is 1.44. The van der Waals surface area contributed by atoms with Crippen molar-refractivity contribution in [3.63, 3.8) is 0 Å². The average molecular weight is 242 g/mol. The molecule has 0 amide bonds. The maximum absolute atomic E-state index is 12.0. The number of nitrogens with two attached hydrogens (primary N) is 1. The monoisotopic (exact) mass is 242 g/mol. The highest BCUT2D eigenvalue weighted by atomic mass is 32.2. The fourth-order valence-electron chi connectivity index (χ4n) is 1.60. The molecule has 0 aliphatic heterocycles. The Labute approximate surface area is 97.1 Å². The predicted molar refractivity (Wildman–Crippen MR) is 66.4 cm³/mol. The number of nitrogens with zero attached hydrogens (tertiary/aromatic N) is 1. The summed E-state index contributed by atoms with van der Waals surface area (Å²) in [5.41, 5.74) is 6.93. The molecule has 0 fully saturated rings. The summed E-state index contributed by atoms with van der Waals surface area (Å²) in [5, 5.41) is 0. The van der Waals surface area contributed by atoms with Crippen molar-refractivity contribution in [2.75, 3.05) is 18.8 Å². The van der Waals surface area contributed by atoms with Crippen LogP contribution in [-0.2, 0) is 15.8 Å². The van der Waals surface area contributed by atoms with Crippen LogP contribution in [0, 0.1) is 0 Å². The zero-order valence-electron chi connectivity index (χ0n) is 9.68. The van der Waals surface area contributed by atoms with Crippen molar-refractivity contribution in [2.45, 2.75) is 19.6 Å². The van der Waals surface area contributed by atoms with Gasteiger partial charge in [0, 0.05) is 18.8 Å². The van der Waals surface area contributed by atoms with Crippen LogP contribution < -0.4 is 5.73 Å². The van der Waals surface area contributed by atoms with Gasteiger partial charge in [-0.15, -0.1) is 0 Å². The van der Waals surface area contributed by atoms with Gasteiger partial charge in [-0.25, -0.2) is 12.7 Å². The molecule has 5 heteroatoms. The van der Waals surface area contributed by atoms with E-state index in [9.17, 15) is 8.42 Å². The maximum atomic E-state index is 12.0. The van der Waals surface area contributed by atoms with Gasteiger partial charge in [-0.2, -0.15) is 0 Å². The van der Waals surface area contributed by atoms with Crippen molar-refractivity contribution in [1.29, 1.82) is 0 Å². The number of benzene rings is 1. The molecule has 0 radical (unpaired) electrons. The average Bonchev–Trinajstić information content (AvgIpc) is 2.18. The van der Waals surface area contributed by atoms with Crippen molar-refractivity contribution < 1.29 is 8.42 Å². The highest BCUT2D eigenvalue weighted by Crippen LogP contribution is 2.13. The lowest BCUT2D eigenvalue weighted by molar-refractivity contribution is 0.444. The van der Waals surface area contributed by atoms with Gasteiger partial charge in [0.2, 0.25) is 10.0 Å². The lowest BCUT2D eigenvalue weighted by Gasteiger charge is -2.18. The highest BCUT2D eigenvalue weighted by Gasteiger charge is 2.18. The van der Waals surface area contributed by atoms with Crippen LogP contribution in [0.2, 0.25) is 0 Å². The van der Waals surface area contributed by atoms with E-state index in [4.69, 9.17) is 5.73 Å². The van der Waals surface area contributed by atoms with E-state index in [1.54, 1.807) is 24.3 Å². The summed E-state index contributed by atoms with van der Waals surface area (Å²) < 4.78 is 25.4. The van der Waals surface area contributed by atoms with E-state index in [-0.39, 0.29) is 5.75 Å². The molecule has 0 aromatic heterocycles. The topological polar surface area (TPSA) is 63.4 Å². The van der Waals surface area contributed by atoms with Crippen LogP contribution in [0.15, 0.2) is 24.3 Å². The van der Waals surface area contributed by atoms with Gasteiger partial charge in [-0.1, -0.05) is 26.0 Å². The van der Waals surface area contributed by atoms with Crippen LogP contribution in [0.5, 0.6) is 0 Å². The normalized spacial score (nSPS) is 11.9. The molecular weight excluding hydrogens is 224 g/mol. The third-order valence-corrected chi connectivity index (χ3v) is 4.40. The summed E-state index contributed by atoms with van der Waals surface area (Å²) in [7, 11) is -3.21. The van der Waals surface area contributed by atoms with Gasteiger partial charge in [0.1, 0.15) is 0 Å². The summed E-state index contributed by atoms with van der Waals surface area (Å²) in [5.74, 6) is 0.0136. The lowest BCUT2D eigenvalue weighted by Crippen LogP contribution is -2.31. The summed E-state index contributed by atoms with van der Waals surface area (Å²) >= 11 is 0. The van der Waals surface area contributed by atoms with Crippen molar-refractivity contribution in [3.8, 4) is 0 Å². The first-order valence-electron chi connectivity index (χ1n) is 5.31. The second-order valence-electron chi connectivity index (χ2n) is 3.59. The Kier molecular flexibility index (Phi) is 4.32. The van der Waals surface area contributed by atoms with Gasteiger partial charge in [0.05, 0.1) is 5.75 Å². The number of nitrogen functional groups attached to an aromatic ring is 1. The highest BCUT2D eigenvalue weighted by molar-refractivity contribution is 7.88. The van der Waals surface area contributed by atoms with Crippen molar-refractivity contribution in [2.24, 2.45) is 0 Å². The molecule has 0 unspecified atom stereocenters. The number of hydrogen-bond donors (Lipinski definition) is 1. The van der Waals surface area contributed by atoms with E-state index < -0.39 is 10.0 Å². The van der Waals surface area contributed by atoms with E-state index in [1.807, 2.05) is 13.8 Å². The third kappa shape index (κ3) is 3.21. The standard InChI is InChI=1S/C11H18N2O2S/c1-3-13(4-2)16(14,15)9-10-6-5-7-11(12)8-10/h5-8H,3-4,9,12H2,1-2H3. The maximum Gasteiger partial charge on any atom is 0.218 e. The molecule has 0 aliphatic carbocycles. The number of sulfonamides is 1. The second kappa shape index (κ2) is 5.32. The Morgan fingerprint density at radius 1 is 1.25 bits per heavy atom. The summed E-state index contributed by atoms with van der Waals surface area (Å²) in [6, 6.07) is 6.98. The molecule has 1 rings (SSSR count). The minimum absolute atomic E-state index is 0.0136.